The number of aromatic nitrogens is 1. The fourth-order valence-corrected chi connectivity index (χ4v) is 5.00. The van der Waals surface area contributed by atoms with Crippen molar-refractivity contribution in [2.75, 3.05) is 19.7 Å². The average molecular weight is 445 g/mol. The van der Waals surface area contributed by atoms with Gasteiger partial charge in [-0.05, 0) is 23.3 Å². The van der Waals surface area contributed by atoms with Crippen LogP contribution in [-0.4, -0.2) is 35.7 Å². The second kappa shape index (κ2) is 9.85. The maximum atomic E-state index is 13.6. The zero-order chi connectivity index (χ0) is 21.7. The lowest BCUT2D eigenvalue weighted by molar-refractivity contribution is -0.140. The maximum absolute atomic E-state index is 13.6. The maximum Gasteiger partial charge on any atom is 0.419 e. The molecule has 3 nitrogen and oxygen atoms in total. The molecule has 2 unspecified atom stereocenters. The first-order valence-electron chi connectivity index (χ1n) is 10.1. The molecular weight excluding hydrogens is 421 g/mol. The highest BCUT2D eigenvalue weighted by Gasteiger charge is 2.37. The minimum absolute atomic E-state index is 0.0207. The van der Waals surface area contributed by atoms with Gasteiger partial charge in [0.25, 0.3) is 0 Å². The summed E-state index contributed by atoms with van der Waals surface area (Å²) in [6.07, 6.45) is -3.30. The molecular formula is C24H23F3N2OS. The molecule has 1 aliphatic heterocycles. The van der Waals surface area contributed by atoms with Gasteiger partial charge in [0.1, 0.15) is 5.03 Å². The lowest BCUT2D eigenvalue weighted by atomic mass is 10.1. The van der Waals surface area contributed by atoms with Crippen LogP contribution in [0.3, 0.4) is 0 Å². The molecule has 3 aromatic rings. The molecule has 7 heteroatoms. The first-order valence-corrected chi connectivity index (χ1v) is 11.0. The van der Waals surface area contributed by atoms with Gasteiger partial charge < -0.3 is 4.74 Å². The topological polar surface area (TPSA) is 25.4 Å². The van der Waals surface area contributed by atoms with Crippen molar-refractivity contribution in [3.8, 4) is 0 Å². The lowest BCUT2D eigenvalue weighted by Crippen LogP contribution is -2.44. The molecule has 0 amide bonds. The van der Waals surface area contributed by atoms with Crippen LogP contribution in [0.1, 0.15) is 21.9 Å². The summed E-state index contributed by atoms with van der Waals surface area (Å²) in [6.45, 7) is 2.74. The van der Waals surface area contributed by atoms with Gasteiger partial charge in [0.05, 0.1) is 23.5 Å². The van der Waals surface area contributed by atoms with Crippen LogP contribution < -0.4 is 0 Å². The summed E-state index contributed by atoms with van der Waals surface area (Å²) >= 11 is 1.13. The Labute approximate surface area is 184 Å². The molecule has 0 N–H and O–H groups in total. The van der Waals surface area contributed by atoms with Gasteiger partial charge in [-0.1, -0.05) is 72.4 Å². The van der Waals surface area contributed by atoms with E-state index in [2.05, 4.69) is 22.0 Å². The summed E-state index contributed by atoms with van der Waals surface area (Å²) in [5.41, 5.74) is 1.42. The van der Waals surface area contributed by atoms with Crippen LogP contribution in [0.5, 0.6) is 0 Å². The number of thioether (sulfide) groups is 1. The van der Waals surface area contributed by atoms with Gasteiger partial charge in [-0.25, -0.2) is 4.98 Å². The number of halogens is 3. The normalized spacial score (nSPS) is 18.6. The number of nitrogens with zero attached hydrogens (tertiary/aromatic N) is 2. The molecule has 2 aromatic carbocycles. The van der Waals surface area contributed by atoms with Crippen molar-refractivity contribution in [3.05, 3.63) is 95.7 Å². The van der Waals surface area contributed by atoms with Crippen molar-refractivity contribution >= 4 is 11.8 Å². The second-order valence-electron chi connectivity index (χ2n) is 7.43. The largest absolute Gasteiger partial charge is 0.419 e. The first-order chi connectivity index (χ1) is 15.0. The Morgan fingerprint density at radius 3 is 2.42 bits per heavy atom. The van der Waals surface area contributed by atoms with E-state index in [4.69, 9.17) is 4.74 Å². The Kier molecular flexibility index (Phi) is 6.95. The molecule has 2 atom stereocenters. The van der Waals surface area contributed by atoms with Crippen LogP contribution in [0.15, 0.2) is 84.0 Å². The van der Waals surface area contributed by atoms with Gasteiger partial charge in [-0.15, -0.1) is 0 Å². The van der Waals surface area contributed by atoms with Gasteiger partial charge in [-0.2, -0.15) is 13.2 Å². The summed E-state index contributed by atoms with van der Waals surface area (Å²) in [6, 6.07) is 22.1. The molecule has 162 valence electrons. The van der Waals surface area contributed by atoms with E-state index in [9.17, 15) is 13.2 Å². The summed E-state index contributed by atoms with van der Waals surface area (Å²) < 4.78 is 46.8. The summed E-state index contributed by atoms with van der Waals surface area (Å²) in [5.74, 6) is 0. The number of ether oxygens (including phenoxy) is 1. The first kappa shape index (κ1) is 21.9. The van der Waals surface area contributed by atoms with Gasteiger partial charge >= 0.3 is 6.18 Å². The molecule has 0 spiro atoms. The lowest BCUT2D eigenvalue weighted by Gasteiger charge is -2.37. The zero-order valence-electron chi connectivity index (χ0n) is 16.8. The third-order valence-corrected chi connectivity index (χ3v) is 6.59. The summed E-state index contributed by atoms with van der Waals surface area (Å²) in [4.78, 5) is 6.36. The van der Waals surface area contributed by atoms with E-state index in [1.807, 2.05) is 48.5 Å². The summed E-state index contributed by atoms with van der Waals surface area (Å²) in [5, 5.41) is -0.330. The molecule has 0 saturated carbocycles. The van der Waals surface area contributed by atoms with Crippen molar-refractivity contribution in [3.63, 3.8) is 0 Å². The summed E-state index contributed by atoms with van der Waals surface area (Å²) in [7, 11) is 0. The molecule has 1 fully saturated rings. The number of alkyl halides is 3. The molecule has 2 heterocycles. The Hall–Kier alpha value is -2.35. The average Bonchev–Trinajstić information content (AvgIpc) is 2.78. The Morgan fingerprint density at radius 2 is 1.71 bits per heavy atom. The number of benzene rings is 2. The molecule has 0 bridgehead atoms. The number of hydrogen-bond donors (Lipinski definition) is 0. The Balaban J connectivity index is 1.59. The standard InChI is InChI=1S/C24H23F3N2OS/c25-24(26,27)20-12-7-13-28-23(20)31-22(19-10-5-2-6-11-19)21-17-29(14-15-30-21)16-18-8-3-1-4-9-18/h1-13,21-22H,14-17H2. The number of hydrogen-bond acceptors (Lipinski definition) is 4. The molecule has 4 rings (SSSR count). The Bertz CT molecular complexity index is 969. The van der Waals surface area contributed by atoms with Crippen LogP contribution in [-0.2, 0) is 17.5 Å². The molecule has 0 aliphatic carbocycles. The minimum atomic E-state index is -4.45. The van der Waals surface area contributed by atoms with Gasteiger partial charge in [-0.3, -0.25) is 4.90 Å². The number of morpholine rings is 1. The van der Waals surface area contributed by atoms with E-state index in [-0.39, 0.29) is 16.4 Å². The molecule has 1 aromatic heterocycles. The van der Waals surface area contributed by atoms with Crippen molar-refractivity contribution in [1.82, 2.24) is 9.88 Å². The Morgan fingerprint density at radius 1 is 1.00 bits per heavy atom. The minimum Gasteiger partial charge on any atom is -0.374 e. The van der Waals surface area contributed by atoms with Crippen LogP contribution in [0.4, 0.5) is 13.2 Å². The second-order valence-corrected chi connectivity index (χ2v) is 8.56. The van der Waals surface area contributed by atoms with Crippen LogP contribution in [0.25, 0.3) is 0 Å². The zero-order valence-corrected chi connectivity index (χ0v) is 17.6. The van der Waals surface area contributed by atoms with E-state index in [0.29, 0.717) is 13.2 Å². The molecule has 0 radical (unpaired) electrons. The monoisotopic (exact) mass is 444 g/mol. The predicted molar refractivity (Wildman–Crippen MR) is 116 cm³/mol. The van der Waals surface area contributed by atoms with E-state index >= 15 is 0 Å². The predicted octanol–water partition coefficient (Wildman–Crippen LogP) is 5.83. The smallest absolute Gasteiger partial charge is 0.374 e. The van der Waals surface area contributed by atoms with Crippen LogP contribution in [0.2, 0.25) is 0 Å². The third kappa shape index (κ3) is 5.67. The number of pyridine rings is 1. The third-order valence-electron chi connectivity index (χ3n) is 5.21. The van der Waals surface area contributed by atoms with Crippen molar-refractivity contribution < 1.29 is 17.9 Å². The number of rotatable bonds is 6. The van der Waals surface area contributed by atoms with Gasteiger partial charge in [0.15, 0.2) is 0 Å². The fraction of sp³-hybridized carbons (Fsp3) is 0.292. The van der Waals surface area contributed by atoms with Crippen LogP contribution >= 0.6 is 11.8 Å². The van der Waals surface area contributed by atoms with E-state index in [0.717, 1.165) is 36.5 Å². The highest BCUT2D eigenvalue weighted by molar-refractivity contribution is 7.99. The van der Waals surface area contributed by atoms with Gasteiger partial charge in [0.2, 0.25) is 0 Å². The highest BCUT2D eigenvalue weighted by atomic mass is 32.2. The van der Waals surface area contributed by atoms with Crippen molar-refractivity contribution in [2.45, 2.75) is 29.1 Å². The SMILES string of the molecule is FC(F)(F)c1cccnc1SC(c1ccccc1)C1CN(Cc2ccccc2)CCO1. The van der Waals surface area contributed by atoms with E-state index in [1.54, 1.807) is 0 Å². The fourth-order valence-electron chi connectivity index (χ4n) is 3.72. The van der Waals surface area contributed by atoms with Crippen LogP contribution in [0, 0.1) is 0 Å². The molecule has 1 saturated heterocycles. The van der Waals surface area contributed by atoms with Gasteiger partial charge in [0, 0.05) is 25.8 Å². The highest BCUT2D eigenvalue weighted by Crippen LogP contribution is 2.44. The quantitative estimate of drug-likeness (QED) is 0.447. The van der Waals surface area contributed by atoms with Crippen molar-refractivity contribution in [1.29, 1.82) is 0 Å². The van der Waals surface area contributed by atoms with Crippen molar-refractivity contribution in [2.24, 2.45) is 0 Å². The van der Waals surface area contributed by atoms with E-state index in [1.165, 1.54) is 17.8 Å². The molecule has 31 heavy (non-hydrogen) atoms. The molecule has 1 aliphatic rings. The van der Waals surface area contributed by atoms with E-state index < -0.39 is 11.7 Å².